The number of carbonyl (C=O) groups is 1. The Morgan fingerprint density at radius 1 is 1.37 bits per heavy atom. The number of rotatable bonds is 6. The van der Waals surface area contributed by atoms with E-state index in [-0.39, 0.29) is 12.2 Å². The molecule has 19 heavy (non-hydrogen) atoms. The Balaban J connectivity index is 2.02. The van der Waals surface area contributed by atoms with Crippen LogP contribution in [0.2, 0.25) is 0 Å². The smallest absolute Gasteiger partial charge is 0.410 e. The highest BCUT2D eigenvalue weighted by Gasteiger charge is 2.34. The molecule has 1 aliphatic rings. The molecule has 1 fully saturated rings. The van der Waals surface area contributed by atoms with Crippen LogP contribution in [0.3, 0.4) is 0 Å². The summed E-state index contributed by atoms with van der Waals surface area (Å²) in [5.41, 5.74) is -0.427. The van der Waals surface area contributed by atoms with Crippen LogP contribution in [0.15, 0.2) is 0 Å². The fourth-order valence-corrected chi connectivity index (χ4v) is 1.71. The summed E-state index contributed by atoms with van der Waals surface area (Å²) in [7, 11) is 0. The van der Waals surface area contributed by atoms with Crippen molar-refractivity contribution < 1.29 is 14.3 Å². The average molecular weight is 272 g/mol. The van der Waals surface area contributed by atoms with Crippen molar-refractivity contribution in [2.24, 2.45) is 5.92 Å². The van der Waals surface area contributed by atoms with Gasteiger partial charge in [-0.2, -0.15) is 0 Å². The lowest BCUT2D eigenvalue weighted by atomic mass is 10.2. The zero-order valence-electron chi connectivity index (χ0n) is 12.9. The molecule has 112 valence electrons. The Labute approximate surface area is 116 Å². The molecule has 0 spiro atoms. The van der Waals surface area contributed by atoms with Crippen molar-refractivity contribution in [3.8, 4) is 0 Å². The summed E-state index contributed by atoms with van der Waals surface area (Å²) in [5.74, 6) is 0.659. The van der Waals surface area contributed by atoms with E-state index in [0.29, 0.717) is 25.6 Å². The van der Waals surface area contributed by atoms with E-state index >= 15 is 0 Å². The number of hydrogen-bond acceptors (Lipinski definition) is 4. The normalized spacial score (nSPS) is 16.6. The molecule has 1 rings (SSSR count). The Morgan fingerprint density at radius 2 is 2.00 bits per heavy atom. The van der Waals surface area contributed by atoms with Gasteiger partial charge in [-0.15, -0.1) is 0 Å². The molecule has 0 aromatic carbocycles. The topological polar surface area (TPSA) is 50.8 Å². The minimum Gasteiger partial charge on any atom is -0.444 e. The van der Waals surface area contributed by atoms with Crippen molar-refractivity contribution in [2.75, 3.05) is 32.8 Å². The van der Waals surface area contributed by atoms with Crippen molar-refractivity contribution in [2.45, 2.75) is 46.3 Å². The lowest BCUT2D eigenvalue weighted by Crippen LogP contribution is -2.56. The molecule has 0 aliphatic carbocycles. The summed E-state index contributed by atoms with van der Waals surface area (Å²) >= 11 is 0. The first-order valence-corrected chi connectivity index (χ1v) is 7.08. The van der Waals surface area contributed by atoms with E-state index in [0.717, 1.165) is 13.1 Å². The lowest BCUT2D eigenvalue weighted by Gasteiger charge is -2.39. The van der Waals surface area contributed by atoms with Gasteiger partial charge in [0.05, 0.1) is 25.8 Å². The molecule has 0 bridgehead atoms. The molecule has 0 saturated carbocycles. The van der Waals surface area contributed by atoms with E-state index in [1.165, 1.54) is 0 Å². The summed E-state index contributed by atoms with van der Waals surface area (Å²) in [6, 6.07) is 0. The molecule has 5 nitrogen and oxygen atoms in total. The summed E-state index contributed by atoms with van der Waals surface area (Å²) < 4.78 is 10.9. The molecule has 5 heteroatoms. The van der Waals surface area contributed by atoms with Crippen LogP contribution in [0.25, 0.3) is 0 Å². The predicted molar refractivity (Wildman–Crippen MR) is 75.3 cm³/mol. The summed E-state index contributed by atoms with van der Waals surface area (Å²) in [6.45, 7) is 13.8. The van der Waals surface area contributed by atoms with Gasteiger partial charge in [0, 0.05) is 6.54 Å². The minimum atomic E-state index is -0.427. The van der Waals surface area contributed by atoms with E-state index < -0.39 is 5.60 Å². The maximum absolute atomic E-state index is 11.7. The second-order valence-electron chi connectivity index (χ2n) is 6.48. The van der Waals surface area contributed by atoms with Crippen LogP contribution in [0.5, 0.6) is 0 Å². The fraction of sp³-hybridized carbons (Fsp3) is 0.929. The predicted octanol–water partition coefficient (Wildman–Crippen LogP) is 1.87. The van der Waals surface area contributed by atoms with Crippen LogP contribution in [0, 0.1) is 5.92 Å². The molecule has 0 unspecified atom stereocenters. The monoisotopic (exact) mass is 272 g/mol. The molecule has 1 N–H and O–H groups in total. The number of ether oxygens (including phenoxy) is 2. The molecule has 0 radical (unpaired) electrons. The van der Waals surface area contributed by atoms with E-state index in [2.05, 4.69) is 19.2 Å². The number of carbonyl (C=O) groups excluding carboxylic acids is 1. The molecule has 0 aromatic heterocycles. The van der Waals surface area contributed by atoms with Gasteiger partial charge in [0.25, 0.3) is 0 Å². The summed E-state index contributed by atoms with van der Waals surface area (Å²) in [6.07, 6.45) is -0.0846. The second-order valence-corrected chi connectivity index (χ2v) is 6.48. The second kappa shape index (κ2) is 7.10. The van der Waals surface area contributed by atoms with Gasteiger partial charge in [-0.3, -0.25) is 0 Å². The van der Waals surface area contributed by atoms with Gasteiger partial charge in [0.15, 0.2) is 0 Å². The van der Waals surface area contributed by atoms with E-state index in [4.69, 9.17) is 9.47 Å². The lowest BCUT2D eigenvalue weighted by molar-refractivity contribution is -0.0620. The third-order valence-electron chi connectivity index (χ3n) is 2.68. The van der Waals surface area contributed by atoms with E-state index in [9.17, 15) is 4.79 Å². The standard InChI is InChI=1S/C14H28N2O3/c1-11(2)8-15-6-7-18-12-9-16(10-12)13(17)19-14(3,4)5/h11-12,15H,6-10H2,1-5H3. The minimum absolute atomic E-state index is 0.161. The third-order valence-corrected chi connectivity index (χ3v) is 2.68. The van der Waals surface area contributed by atoms with Gasteiger partial charge in [-0.1, -0.05) is 13.8 Å². The van der Waals surface area contributed by atoms with E-state index in [1.807, 2.05) is 20.8 Å². The van der Waals surface area contributed by atoms with Crippen molar-refractivity contribution in [3.05, 3.63) is 0 Å². The molecule has 0 aromatic rings. The third kappa shape index (κ3) is 6.78. The van der Waals surface area contributed by atoms with Crippen LogP contribution >= 0.6 is 0 Å². The Kier molecular flexibility index (Phi) is 6.07. The van der Waals surface area contributed by atoms with Gasteiger partial charge in [-0.25, -0.2) is 4.79 Å². The average Bonchev–Trinajstić information content (AvgIpc) is 2.16. The van der Waals surface area contributed by atoms with E-state index in [1.54, 1.807) is 4.90 Å². The Bertz CT molecular complexity index is 281. The maximum atomic E-state index is 11.7. The van der Waals surface area contributed by atoms with Crippen LogP contribution in [0.1, 0.15) is 34.6 Å². The summed E-state index contributed by atoms with van der Waals surface area (Å²) in [4.78, 5) is 13.4. The van der Waals surface area contributed by atoms with Gasteiger partial charge in [0.2, 0.25) is 0 Å². The molecule has 1 aliphatic heterocycles. The molecule has 1 saturated heterocycles. The first kappa shape index (κ1) is 16.2. The van der Waals surface area contributed by atoms with Gasteiger partial charge >= 0.3 is 6.09 Å². The number of nitrogens with zero attached hydrogens (tertiary/aromatic N) is 1. The number of amides is 1. The summed E-state index contributed by atoms with van der Waals surface area (Å²) in [5, 5.41) is 3.32. The Morgan fingerprint density at radius 3 is 2.53 bits per heavy atom. The van der Waals surface area contributed by atoms with Crippen LogP contribution in [-0.2, 0) is 9.47 Å². The van der Waals surface area contributed by atoms with Gasteiger partial charge in [-0.05, 0) is 33.2 Å². The molecule has 0 atom stereocenters. The zero-order valence-corrected chi connectivity index (χ0v) is 12.9. The van der Waals surface area contributed by atoms with Crippen molar-refractivity contribution in [1.29, 1.82) is 0 Å². The van der Waals surface area contributed by atoms with Crippen molar-refractivity contribution >= 4 is 6.09 Å². The number of likely N-dealkylation sites (tertiary alicyclic amines) is 1. The van der Waals surface area contributed by atoms with Gasteiger partial charge in [0.1, 0.15) is 5.60 Å². The molecule has 1 amide bonds. The van der Waals surface area contributed by atoms with Crippen molar-refractivity contribution in [1.82, 2.24) is 10.2 Å². The maximum Gasteiger partial charge on any atom is 0.410 e. The number of nitrogens with one attached hydrogen (secondary N) is 1. The fourth-order valence-electron chi connectivity index (χ4n) is 1.71. The number of hydrogen-bond donors (Lipinski definition) is 1. The zero-order chi connectivity index (χ0) is 14.5. The Hall–Kier alpha value is -0.810. The largest absolute Gasteiger partial charge is 0.444 e. The van der Waals surface area contributed by atoms with Crippen molar-refractivity contribution in [3.63, 3.8) is 0 Å². The first-order chi connectivity index (χ1) is 8.78. The van der Waals surface area contributed by atoms with Crippen LogP contribution in [-0.4, -0.2) is 55.5 Å². The quantitative estimate of drug-likeness (QED) is 0.750. The van der Waals surface area contributed by atoms with Crippen LogP contribution in [0.4, 0.5) is 4.79 Å². The molecule has 1 heterocycles. The SMILES string of the molecule is CC(C)CNCCOC1CN(C(=O)OC(C)(C)C)C1. The van der Waals surface area contributed by atoms with Crippen LogP contribution < -0.4 is 5.32 Å². The highest BCUT2D eigenvalue weighted by atomic mass is 16.6. The van der Waals surface area contributed by atoms with Gasteiger partial charge < -0.3 is 19.7 Å². The highest BCUT2D eigenvalue weighted by molar-refractivity contribution is 5.69. The first-order valence-electron chi connectivity index (χ1n) is 7.08. The molecular formula is C14H28N2O3. The molecular weight excluding hydrogens is 244 g/mol. The highest BCUT2D eigenvalue weighted by Crippen LogP contribution is 2.16.